The predicted molar refractivity (Wildman–Crippen MR) is 79.4 cm³/mol. The van der Waals surface area contributed by atoms with Crippen LogP contribution in [-0.2, 0) is 0 Å². The lowest BCUT2D eigenvalue weighted by atomic mass is 10.0. The van der Waals surface area contributed by atoms with Crippen LogP contribution >= 0.6 is 11.8 Å². The number of aromatic amines is 1. The monoisotopic (exact) mass is 276 g/mol. The molecule has 0 radical (unpaired) electrons. The zero-order valence-electron chi connectivity index (χ0n) is 11.0. The molecule has 2 N–H and O–H groups in total. The Kier molecular flexibility index (Phi) is 4.09. The molecule has 0 spiro atoms. The SMILES string of the molecule is OC(CSc1nc2ccccc2[nH]1)CC1CCCC1. The van der Waals surface area contributed by atoms with Gasteiger partial charge < -0.3 is 10.1 Å². The van der Waals surface area contributed by atoms with Crippen molar-refractivity contribution in [1.29, 1.82) is 0 Å². The van der Waals surface area contributed by atoms with Crippen LogP contribution in [0.1, 0.15) is 32.1 Å². The van der Waals surface area contributed by atoms with Gasteiger partial charge in [0.25, 0.3) is 0 Å². The van der Waals surface area contributed by atoms with Crippen molar-refractivity contribution in [3.8, 4) is 0 Å². The van der Waals surface area contributed by atoms with Crippen molar-refractivity contribution >= 4 is 22.8 Å². The number of rotatable bonds is 5. The van der Waals surface area contributed by atoms with Gasteiger partial charge in [0.05, 0.1) is 17.1 Å². The van der Waals surface area contributed by atoms with Crippen molar-refractivity contribution in [3.05, 3.63) is 24.3 Å². The lowest BCUT2D eigenvalue weighted by Crippen LogP contribution is -2.14. The minimum Gasteiger partial charge on any atom is -0.392 e. The molecular formula is C15H20N2OS. The molecule has 0 bridgehead atoms. The van der Waals surface area contributed by atoms with Crippen LogP contribution in [0.5, 0.6) is 0 Å². The molecule has 1 heterocycles. The molecule has 3 rings (SSSR count). The predicted octanol–water partition coefficient (Wildman–Crippen LogP) is 3.60. The number of aliphatic hydroxyl groups excluding tert-OH is 1. The zero-order chi connectivity index (χ0) is 13.1. The lowest BCUT2D eigenvalue weighted by molar-refractivity contribution is 0.165. The number of hydrogen-bond acceptors (Lipinski definition) is 3. The van der Waals surface area contributed by atoms with E-state index in [9.17, 15) is 5.11 Å². The Labute approximate surface area is 117 Å². The summed E-state index contributed by atoms with van der Waals surface area (Å²) >= 11 is 1.62. The van der Waals surface area contributed by atoms with Gasteiger partial charge in [0.1, 0.15) is 0 Å². The van der Waals surface area contributed by atoms with Crippen LogP contribution in [0.2, 0.25) is 0 Å². The second kappa shape index (κ2) is 5.97. The smallest absolute Gasteiger partial charge is 0.166 e. The van der Waals surface area contributed by atoms with Gasteiger partial charge in [0.15, 0.2) is 5.16 Å². The number of nitrogens with zero attached hydrogens (tertiary/aromatic N) is 1. The Morgan fingerprint density at radius 3 is 2.89 bits per heavy atom. The highest BCUT2D eigenvalue weighted by Crippen LogP contribution is 2.30. The molecule has 1 aromatic carbocycles. The third-order valence-electron chi connectivity index (χ3n) is 3.86. The van der Waals surface area contributed by atoms with Gasteiger partial charge in [-0.15, -0.1) is 0 Å². The van der Waals surface area contributed by atoms with Gasteiger partial charge in [-0.25, -0.2) is 4.98 Å². The lowest BCUT2D eigenvalue weighted by Gasteiger charge is -2.14. The third-order valence-corrected chi connectivity index (χ3v) is 4.88. The quantitative estimate of drug-likeness (QED) is 0.820. The van der Waals surface area contributed by atoms with E-state index in [1.807, 2.05) is 24.3 Å². The van der Waals surface area contributed by atoms with Crippen molar-refractivity contribution in [2.45, 2.75) is 43.4 Å². The number of aromatic nitrogens is 2. The Bertz CT molecular complexity index is 501. The molecule has 3 nitrogen and oxygen atoms in total. The van der Waals surface area contributed by atoms with E-state index in [2.05, 4.69) is 9.97 Å². The summed E-state index contributed by atoms with van der Waals surface area (Å²) in [7, 11) is 0. The first kappa shape index (κ1) is 13.0. The number of para-hydroxylation sites is 2. The average molecular weight is 276 g/mol. The van der Waals surface area contributed by atoms with Crippen LogP contribution in [-0.4, -0.2) is 26.9 Å². The number of imidazole rings is 1. The van der Waals surface area contributed by atoms with Crippen LogP contribution in [0, 0.1) is 5.92 Å². The Balaban J connectivity index is 1.53. The highest BCUT2D eigenvalue weighted by atomic mass is 32.2. The topological polar surface area (TPSA) is 48.9 Å². The fraction of sp³-hybridized carbons (Fsp3) is 0.533. The van der Waals surface area contributed by atoms with Crippen LogP contribution < -0.4 is 0 Å². The molecule has 1 aliphatic carbocycles. The summed E-state index contributed by atoms with van der Waals surface area (Å²) in [6, 6.07) is 8.03. The van der Waals surface area contributed by atoms with E-state index in [1.165, 1.54) is 25.7 Å². The number of fused-ring (bicyclic) bond motifs is 1. The minimum absolute atomic E-state index is 0.207. The largest absolute Gasteiger partial charge is 0.392 e. The first-order valence-corrected chi connectivity index (χ1v) is 8.05. The van der Waals surface area contributed by atoms with Gasteiger partial charge in [0, 0.05) is 5.75 Å². The molecule has 1 saturated carbocycles. The molecule has 1 aliphatic rings. The van der Waals surface area contributed by atoms with E-state index in [-0.39, 0.29) is 6.10 Å². The zero-order valence-corrected chi connectivity index (χ0v) is 11.8. The maximum Gasteiger partial charge on any atom is 0.166 e. The van der Waals surface area contributed by atoms with Crippen LogP contribution in [0.25, 0.3) is 11.0 Å². The Morgan fingerprint density at radius 1 is 1.32 bits per heavy atom. The summed E-state index contributed by atoms with van der Waals surface area (Å²) in [5, 5.41) is 11.0. The molecule has 1 aromatic heterocycles. The maximum absolute atomic E-state index is 10.1. The van der Waals surface area contributed by atoms with Gasteiger partial charge in [-0.05, 0) is 24.5 Å². The molecule has 1 fully saturated rings. The number of benzene rings is 1. The van der Waals surface area contributed by atoms with Crippen molar-refractivity contribution < 1.29 is 5.11 Å². The molecule has 0 saturated heterocycles. The normalized spacial score (nSPS) is 18.2. The van der Waals surface area contributed by atoms with Gasteiger partial charge in [-0.3, -0.25) is 0 Å². The summed E-state index contributed by atoms with van der Waals surface area (Å²) in [6.07, 6.45) is 6.02. The molecule has 1 atom stereocenters. The van der Waals surface area contributed by atoms with E-state index >= 15 is 0 Å². The molecule has 102 valence electrons. The summed E-state index contributed by atoms with van der Waals surface area (Å²) in [5.41, 5.74) is 2.06. The average Bonchev–Trinajstić information content (AvgIpc) is 3.04. The second-order valence-electron chi connectivity index (χ2n) is 5.41. The van der Waals surface area contributed by atoms with E-state index in [4.69, 9.17) is 0 Å². The van der Waals surface area contributed by atoms with E-state index in [0.29, 0.717) is 0 Å². The number of nitrogens with one attached hydrogen (secondary N) is 1. The van der Waals surface area contributed by atoms with E-state index in [1.54, 1.807) is 11.8 Å². The van der Waals surface area contributed by atoms with E-state index < -0.39 is 0 Å². The summed E-state index contributed by atoms with van der Waals surface area (Å²) < 4.78 is 0. The summed E-state index contributed by atoms with van der Waals surface area (Å²) in [5.74, 6) is 1.47. The van der Waals surface area contributed by atoms with Crippen LogP contribution in [0.4, 0.5) is 0 Å². The fourth-order valence-electron chi connectivity index (χ4n) is 2.87. The number of hydrogen-bond donors (Lipinski definition) is 2. The van der Waals surface area contributed by atoms with Crippen LogP contribution in [0.15, 0.2) is 29.4 Å². The molecule has 19 heavy (non-hydrogen) atoms. The summed E-state index contributed by atoms with van der Waals surface area (Å²) in [4.78, 5) is 7.80. The Morgan fingerprint density at radius 2 is 2.11 bits per heavy atom. The first-order chi connectivity index (χ1) is 9.31. The van der Waals surface area contributed by atoms with Crippen molar-refractivity contribution in [1.82, 2.24) is 9.97 Å². The molecule has 0 aliphatic heterocycles. The fourth-order valence-corrected chi connectivity index (χ4v) is 3.70. The summed E-state index contributed by atoms with van der Waals surface area (Å²) in [6.45, 7) is 0. The highest BCUT2D eigenvalue weighted by molar-refractivity contribution is 7.99. The van der Waals surface area contributed by atoms with Crippen LogP contribution in [0.3, 0.4) is 0 Å². The minimum atomic E-state index is -0.207. The van der Waals surface area contributed by atoms with Crippen molar-refractivity contribution in [3.63, 3.8) is 0 Å². The van der Waals surface area contributed by atoms with Crippen molar-refractivity contribution in [2.24, 2.45) is 5.92 Å². The highest BCUT2D eigenvalue weighted by Gasteiger charge is 2.19. The standard InChI is InChI=1S/C15H20N2OS/c18-12(9-11-5-1-2-6-11)10-19-15-16-13-7-3-4-8-14(13)17-15/h3-4,7-8,11-12,18H,1-2,5-6,9-10H2,(H,16,17). The number of thioether (sulfide) groups is 1. The Hall–Kier alpha value is -1.00. The van der Waals surface area contributed by atoms with Crippen molar-refractivity contribution in [2.75, 3.05) is 5.75 Å². The number of H-pyrrole nitrogens is 1. The molecular weight excluding hydrogens is 256 g/mol. The maximum atomic E-state index is 10.1. The first-order valence-electron chi connectivity index (χ1n) is 7.07. The molecule has 1 unspecified atom stereocenters. The molecule has 4 heteroatoms. The second-order valence-corrected chi connectivity index (χ2v) is 6.42. The third kappa shape index (κ3) is 3.31. The molecule has 0 amide bonds. The van der Waals surface area contributed by atoms with Gasteiger partial charge in [0.2, 0.25) is 0 Å². The molecule has 2 aromatic rings. The van der Waals surface area contributed by atoms with Gasteiger partial charge in [-0.2, -0.15) is 0 Å². The van der Waals surface area contributed by atoms with Gasteiger partial charge >= 0.3 is 0 Å². The van der Waals surface area contributed by atoms with Gasteiger partial charge in [-0.1, -0.05) is 49.6 Å². The van der Waals surface area contributed by atoms with E-state index in [0.717, 1.165) is 34.3 Å². The number of aliphatic hydroxyl groups is 1.